The van der Waals surface area contributed by atoms with Crippen LogP contribution in [-0.4, -0.2) is 37.1 Å². The molecule has 1 fully saturated rings. The van der Waals surface area contributed by atoms with Crippen molar-refractivity contribution in [3.63, 3.8) is 0 Å². The predicted molar refractivity (Wildman–Crippen MR) is 71.8 cm³/mol. The van der Waals surface area contributed by atoms with Gasteiger partial charge in [0, 0.05) is 19.1 Å². The zero-order valence-corrected chi connectivity index (χ0v) is 11.5. The Balaban J connectivity index is 2.14. The van der Waals surface area contributed by atoms with Crippen molar-refractivity contribution in [3.8, 4) is 0 Å². The van der Waals surface area contributed by atoms with Gasteiger partial charge in [-0.15, -0.1) is 0 Å². The van der Waals surface area contributed by atoms with Gasteiger partial charge in [-0.2, -0.15) is 0 Å². The lowest BCUT2D eigenvalue weighted by Gasteiger charge is -2.21. The van der Waals surface area contributed by atoms with Crippen molar-refractivity contribution in [1.29, 1.82) is 0 Å². The molecule has 2 heteroatoms. The Morgan fingerprint density at radius 1 is 1.25 bits per heavy atom. The summed E-state index contributed by atoms with van der Waals surface area (Å²) in [7, 11) is 0. The molecule has 0 amide bonds. The normalized spacial score (nSPS) is 23.6. The van der Waals surface area contributed by atoms with E-state index in [0.717, 1.165) is 12.5 Å². The summed E-state index contributed by atoms with van der Waals surface area (Å²) < 4.78 is 0. The van der Waals surface area contributed by atoms with Gasteiger partial charge in [0.25, 0.3) is 0 Å². The molecule has 0 spiro atoms. The molecule has 1 unspecified atom stereocenters. The molecule has 1 saturated heterocycles. The SMILES string of the molecule is CCCC1CCCN(CCNC(C)C)CC1. The highest BCUT2D eigenvalue weighted by molar-refractivity contribution is 4.70. The fourth-order valence-electron chi connectivity index (χ4n) is 2.66. The van der Waals surface area contributed by atoms with E-state index in [4.69, 9.17) is 0 Å². The average molecular weight is 226 g/mol. The smallest absolute Gasteiger partial charge is 0.0107 e. The third-order valence-electron chi connectivity index (χ3n) is 3.62. The Hall–Kier alpha value is -0.0800. The standard InChI is InChI=1S/C14H30N2/c1-4-6-14-7-5-10-16(11-8-14)12-9-15-13(2)3/h13-15H,4-12H2,1-3H3. The number of hydrogen-bond donors (Lipinski definition) is 1. The van der Waals surface area contributed by atoms with E-state index >= 15 is 0 Å². The van der Waals surface area contributed by atoms with E-state index in [9.17, 15) is 0 Å². The van der Waals surface area contributed by atoms with E-state index in [1.165, 1.54) is 51.7 Å². The molecule has 2 nitrogen and oxygen atoms in total. The topological polar surface area (TPSA) is 15.3 Å². The predicted octanol–water partition coefficient (Wildman–Crippen LogP) is 2.89. The third kappa shape index (κ3) is 5.86. The summed E-state index contributed by atoms with van der Waals surface area (Å²) in [6.07, 6.45) is 7.10. The molecule has 1 aliphatic heterocycles. The number of nitrogens with one attached hydrogen (secondary N) is 1. The van der Waals surface area contributed by atoms with Crippen molar-refractivity contribution >= 4 is 0 Å². The molecule has 1 aliphatic rings. The molecule has 0 aromatic heterocycles. The van der Waals surface area contributed by atoms with Gasteiger partial charge in [0.15, 0.2) is 0 Å². The fourth-order valence-corrected chi connectivity index (χ4v) is 2.66. The molecule has 1 heterocycles. The van der Waals surface area contributed by atoms with Crippen LogP contribution in [0.4, 0.5) is 0 Å². The number of likely N-dealkylation sites (tertiary alicyclic amines) is 1. The van der Waals surface area contributed by atoms with Gasteiger partial charge in [0.2, 0.25) is 0 Å². The molecule has 0 aromatic rings. The number of hydrogen-bond acceptors (Lipinski definition) is 2. The summed E-state index contributed by atoms with van der Waals surface area (Å²) in [5.74, 6) is 1.01. The molecule has 0 radical (unpaired) electrons. The van der Waals surface area contributed by atoms with Crippen molar-refractivity contribution < 1.29 is 0 Å². The lowest BCUT2D eigenvalue weighted by atomic mass is 9.96. The van der Waals surface area contributed by atoms with Crippen LogP contribution in [0.5, 0.6) is 0 Å². The summed E-state index contributed by atoms with van der Waals surface area (Å²) >= 11 is 0. The highest BCUT2D eigenvalue weighted by Gasteiger charge is 2.15. The Bertz CT molecular complexity index is 168. The summed E-state index contributed by atoms with van der Waals surface area (Å²) in [5.41, 5.74) is 0. The highest BCUT2D eigenvalue weighted by atomic mass is 15.1. The highest BCUT2D eigenvalue weighted by Crippen LogP contribution is 2.21. The van der Waals surface area contributed by atoms with Gasteiger partial charge in [0.1, 0.15) is 0 Å². The maximum Gasteiger partial charge on any atom is 0.0107 e. The van der Waals surface area contributed by atoms with E-state index in [1.807, 2.05) is 0 Å². The van der Waals surface area contributed by atoms with Crippen molar-refractivity contribution in [1.82, 2.24) is 10.2 Å². The van der Waals surface area contributed by atoms with Gasteiger partial charge in [0.05, 0.1) is 0 Å². The molecule has 0 aromatic carbocycles. The lowest BCUT2D eigenvalue weighted by Crippen LogP contribution is -2.35. The van der Waals surface area contributed by atoms with Crippen LogP contribution in [0.25, 0.3) is 0 Å². The van der Waals surface area contributed by atoms with Crippen LogP contribution >= 0.6 is 0 Å². The van der Waals surface area contributed by atoms with Gasteiger partial charge in [-0.1, -0.05) is 33.6 Å². The zero-order chi connectivity index (χ0) is 11.8. The minimum Gasteiger partial charge on any atom is -0.313 e. The molecule has 0 saturated carbocycles. The number of rotatable bonds is 6. The van der Waals surface area contributed by atoms with Crippen LogP contribution in [0.2, 0.25) is 0 Å². The number of nitrogens with zero attached hydrogens (tertiary/aromatic N) is 1. The van der Waals surface area contributed by atoms with Gasteiger partial charge < -0.3 is 10.2 Å². The van der Waals surface area contributed by atoms with Crippen molar-refractivity contribution in [2.75, 3.05) is 26.2 Å². The maximum absolute atomic E-state index is 3.51. The summed E-state index contributed by atoms with van der Waals surface area (Å²) in [6.45, 7) is 11.8. The van der Waals surface area contributed by atoms with Crippen LogP contribution in [0.3, 0.4) is 0 Å². The molecule has 1 atom stereocenters. The first-order valence-corrected chi connectivity index (χ1v) is 7.18. The second-order valence-corrected chi connectivity index (χ2v) is 5.54. The van der Waals surface area contributed by atoms with E-state index in [-0.39, 0.29) is 0 Å². The van der Waals surface area contributed by atoms with Crippen LogP contribution in [0, 0.1) is 5.92 Å². The Kier molecular flexibility index (Phi) is 7.06. The van der Waals surface area contributed by atoms with Crippen LogP contribution < -0.4 is 5.32 Å². The molecular weight excluding hydrogens is 196 g/mol. The first kappa shape index (κ1) is 14.0. The molecule has 1 rings (SSSR count). The van der Waals surface area contributed by atoms with E-state index in [2.05, 4.69) is 31.0 Å². The van der Waals surface area contributed by atoms with Crippen LogP contribution in [0.1, 0.15) is 52.9 Å². The monoisotopic (exact) mass is 226 g/mol. The average Bonchev–Trinajstić information content (AvgIpc) is 2.44. The van der Waals surface area contributed by atoms with Crippen molar-refractivity contribution in [2.24, 2.45) is 5.92 Å². The van der Waals surface area contributed by atoms with E-state index in [0.29, 0.717) is 6.04 Å². The second-order valence-electron chi connectivity index (χ2n) is 5.54. The summed E-state index contributed by atoms with van der Waals surface area (Å²) in [4.78, 5) is 2.64. The van der Waals surface area contributed by atoms with Crippen LogP contribution in [0.15, 0.2) is 0 Å². The molecule has 16 heavy (non-hydrogen) atoms. The van der Waals surface area contributed by atoms with E-state index in [1.54, 1.807) is 0 Å². The minimum absolute atomic E-state index is 0.625. The Morgan fingerprint density at radius 3 is 2.75 bits per heavy atom. The molecular formula is C14H30N2. The fraction of sp³-hybridized carbons (Fsp3) is 1.00. The lowest BCUT2D eigenvalue weighted by molar-refractivity contribution is 0.276. The largest absolute Gasteiger partial charge is 0.313 e. The maximum atomic E-state index is 3.51. The van der Waals surface area contributed by atoms with Gasteiger partial charge in [-0.3, -0.25) is 0 Å². The van der Waals surface area contributed by atoms with Crippen molar-refractivity contribution in [2.45, 2.75) is 58.9 Å². The van der Waals surface area contributed by atoms with E-state index < -0.39 is 0 Å². The van der Waals surface area contributed by atoms with Crippen molar-refractivity contribution in [3.05, 3.63) is 0 Å². The van der Waals surface area contributed by atoms with Gasteiger partial charge in [-0.05, 0) is 38.3 Å². The third-order valence-corrected chi connectivity index (χ3v) is 3.62. The van der Waals surface area contributed by atoms with Crippen LogP contribution in [-0.2, 0) is 0 Å². The molecule has 96 valence electrons. The van der Waals surface area contributed by atoms with Gasteiger partial charge in [-0.25, -0.2) is 0 Å². The first-order valence-electron chi connectivity index (χ1n) is 7.18. The Morgan fingerprint density at radius 2 is 2.06 bits per heavy atom. The Labute approximate surface area is 102 Å². The first-order chi connectivity index (χ1) is 7.72. The van der Waals surface area contributed by atoms with Gasteiger partial charge >= 0.3 is 0 Å². The molecule has 0 aliphatic carbocycles. The quantitative estimate of drug-likeness (QED) is 0.749. The molecule has 1 N–H and O–H groups in total. The summed E-state index contributed by atoms with van der Waals surface area (Å²) in [6, 6.07) is 0.625. The molecule has 0 bridgehead atoms. The summed E-state index contributed by atoms with van der Waals surface area (Å²) in [5, 5.41) is 3.51. The minimum atomic E-state index is 0.625. The zero-order valence-electron chi connectivity index (χ0n) is 11.5. The second kappa shape index (κ2) is 8.08.